The molecule has 0 spiro atoms. The molecule has 7 heteroatoms. The van der Waals surface area contributed by atoms with E-state index in [2.05, 4.69) is 4.74 Å². The Kier molecular flexibility index (Phi) is 5.03. The first-order valence-electron chi connectivity index (χ1n) is 5.19. The molecular weight excluding hydrogens is 265 g/mol. The van der Waals surface area contributed by atoms with E-state index in [0.717, 1.165) is 12.1 Å². The van der Waals surface area contributed by atoms with Crippen LogP contribution in [0.3, 0.4) is 0 Å². The average molecular weight is 276 g/mol. The number of halogens is 2. The number of esters is 1. The zero-order valence-electron chi connectivity index (χ0n) is 9.56. The maximum absolute atomic E-state index is 12.9. The van der Waals surface area contributed by atoms with Crippen molar-refractivity contribution in [1.29, 1.82) is 0 Å². The predicted molar refractivity (Wildman–Crippen MR) is 63.0 cm³/mol. The molecule has 0 amide bonds. The van der Waals surface area contributed by atoms with Crippen LogP contribution in [0.4, 0.5) is 10.1 Å². The van der Waals surface area contributed by atoms with Crippen molar-refractivity contribution in [3.63, 3.8) is 0 Å². The third-order valence-corrected chi connectivity index (χ3v) is 2.52. The summed E-state index contributed by atoms with van der Waals surface area (Å²) in [6.07, 6.45) is -0.0863. The topological polar surface area (TPSA) is 69.4 Å². The molecule has 1 rings (SSSR count). The van der Waals surface area contributed by atoms with Gasteiger partial charge in [0.1, 0.15) is 11.2 Å². The van der Waals surface area contributed by atoms with Crippen LogP contribution in [0.25, 0.3) is 0 Å². The Morgan fingerprint density at radius 3 is 2.83 bits per heavy atom. The third-order valence-electron chi connectivity index (χ3n) is 2.19. The number of nitro groups is 1. The highest BCUT2D eigenvalue weighted by molar-refractivity contribution is 6.30. The molecule has 0 fully saturated rings. The molecule has 1 atom stereocenters. The van der Waals surface area contributed by atoms with E-state index in [4.69, 9.17) is 11.6 Å². The number of hydrogen-bond donors (Lipinski definition) is 0. The van der Waals surface area contributed by atoms with Crippen molar-refractivity contribution >= 4 is 23.3 Å². The summed E-state index contributed by atoms with van der Waals surface area (Å²) in [6.45, 7) is 1.80. The number of nitro benzene ring substituents is 1. The first-order valence-corrected chi connectivity index (χ1v) is 5.62. The minimum atomic E-state index is -1.03. The Bertz CT molecular complexity index is 466. The lowest BCUT2D eigenvalue weighted by Gasteiger charge is -2.08. The number of carbonyl (C=O) groups is 1. The summed E-state index contributed by atoms with van der Waals surface area (Å²) in [5.41, 5.74) is -0.209. The van der Waals surface area contributed by atoms with Gasteiger partial charge in [-0.05, 0) is 19.1 Å². The van der Waals surface area contributed by atoms with E-state index < -0.39 is 27.8 Å². The van der Waals surface area contributed by atoms with Crippen LogP contribution in [0.1, 0.15) is 12.5 Å². The Morgan fingerprint density at radius 1 is 1.61 bits per heavy atom. The third kappa shape index (κ3) is 3.66. The molecule has 5 nitrogen and oxygen atoms in total. The minimum Gasteiger partial charge on any atom is -0.465 e. The van der Waals surface area contributed by atoms with Crippen molar-refractivity contribution < 1.29 is 18.8 Å². The van der Waals surface area contributed by atoms with Gasteiger partial charge >= 0.3 is 5.97 Å². The first kappa shape index (κ1) is 14.4. The lowest BCUT2D eigenvalue weighted by Crippen LogP contribution is -2.20. The molecule has 0 saturated carbocycles. The van der Waals surface area contributed by atoms with Gasteiger partial charge in [0.15, 0.2) is 0 Å². The van der Waals surface area contributed by atoms with E-state index in [1.807, 2.05) is 0 Å². The Hall–Kier alpha value is -1.69. The highest BCUT2D eigenvalue weighted by Crippen LogP contribution is 2.22. The summed E-state index contributed by atoms with van der Waals surface area (Å²) < 4.78 is 17.6. The molecule has 0 saturated heterocycles. The smallest absolute Gasteiger partial charge is 0.324 e. The van der Waals surface area contributed by atoms with Crippen LogP contribution in [-0.2, 0) is 16.0 Å². The minimum absolute atomic E-state index is 0.0863. The lowest BCUT2D eigenvalue weighted by atomic mass is 10.1. The van der Waals surface area contributed by atoms with Crippen LogP contribution in [0.5, 0.6) is 0 Å². The molecule has 98 valence electrons. The Balaban J connectivity index is 2.90. The fourth-order valence-electron chi connectivity index (χ4n) is 1.39. The number of rotatable bonds is 5. The largest absolute Gasteiger partial charge is 0.465 e. The molecule has 18 heavy (non-hydrogen) atoms. The second-order valence-electron chi connectivity index (χ2n) is 3.45. The molecule has 0 heterocycles. The number of hydrogen-bond acceptors (Lipinski definition) is 4. The Labute approximate surface area is 108 Å². The summed E-state index contributed by atoms with van der Waals surface area (Å²) in [5.74, 6) is -1.37. The van der Waals surface area contributed by atoms with Crippen LogP contribution in [0.2, 0.25) is 0 Å². The average Bonchev–Trinajstić information content (AvgIpc) is 2.31. The molecule has 1 unspecified atom stereocenters. The van der Waals surface area contributed by atoms with Crippen LogP contribution < -0.4 is 0 Å². The number of carbonyl (C=O) groups excluding carboxylic acids is 1. The monoisotopic (exact) mass is 275 g/mol. The second-order valence-corrected chi connectivity index (χ2v) is 3.98. The fourth-order valence-corrected chi connectivity index (χ4v) is 1.62. The molecule has 0 aliphatic carbocycles. The normalized spacial score (nSPS) is 11.9. The van der Waals surface area contributed by atoms with Gasteiger partial charge in [-0.2, -0.15) is 0 Å². The first-order chi connectivity index (χ1) is 8.45. The van der Waals surface area contributed by atoms with Crippen molar-refractivity contribution in [3.05, 3.63) is 39.7 Å². The molecule has 0 aliphatic heterocycles. The van der Waals surface area contributed by atoms with Gasteiger partial charge in [-0.15, -0.1) is 11.6 Å². The van der Waals surface area contributed by atoms with Crippen molar-refractivity contribution in [1.82, 2.24) is 0 Å². The van der Waals surface area contributed by atoms with Gasteiger partial charge in [-0.3, -0.25) is 14.9 Å². The van der Waals surface area contributed by atoms with Gasteiger partial charge in [0.25, 0.3) is 5.69 Å². The molecule has 0 N–H and O–H groups in total. The van der Waals surface area contributed by atoms with Crippen LogP contribution in [-0.4, -0.2) is 22.9 Å². The highest BCUT2D eigenvalue weighted by atomic mass is 35.5. The van der Waals surface area contributed by atoms with Gasteiger partial charge in [0.2, 0.25) is 0 Å². The maximum Gasteiger partial charge on any atom is 0.324 e. The molecule has 0 aromatic heterocycles. The predicted octanol–water partition coefficient (Wildman–Crippen LogP) is 2.45. The van der Waals surface area contributed by atoms with E-state index in [-0.39, 0.29) is 18.6 Å². The van der Waals surface area contributed by atoms with Gasteiger partial charge in [-0.25, -0.2) is 4.39 Å². The van der Waals surface area contributed by atoms with Gasteiger partial charge < -0.3 is 4.74 Å². The van der Waals surface area contributed by atoms with E-state index in [0.29, 0.717) is 0 Å². The number of ether oxygens (including phenoxy) is 1. The van der Waals surface area contributed by atoms with Crippen LogP contribution >= 0.6 is 11.6 Å². The van der Waals surface area contributed by atoms with Gasteiger partial charge in [0, 0.05) is 12.0 Å². The second kappa shape index (κ2) is 6.30. The molecule has 0 bridgehead atoms. The summed E-state index contributed by atoms with van der Waals surface area (Å²) in [4.78, 5) is 21.3. The molecule has 1 aromatic rings. The standard InChI is InChI=1S/C11H11ClFNO4/c1-2-18-11(15)9(12)5-7-3-4-8(13)6-10(7)14(16)17/h3-4,6,9H,2,5H2,1H3. The van der Waals surface area contributed by atoms with E-state index in [1.54, 1.807) is 6.92 Å². The maximum atomic E-state index is 12.9. The highest BCUT2D eigenvalue weighted by Gasteiger charge is 2.22. The lowest BCUT2D eigenvalue weighted by molar-refractivity contribution is -0.385. The summed E-state index contributed by atoms with van der Waals surface area (Å²) >= 11 is 5.77. The SMILES string of the molecule is CCOC(=O)C(Cl)Cc1ccc(F)cc1[N+](=O)[O-]. The van der Waals surface area contributed by atoms with E-state index >= 15 is 0 Å². The van der Waals surface area contributed by atoms with Crippen molar-refractivity contribution in [2.24, 2.45) is 0 Å². The zero-order chi connectivity index (χ0) is 13.7. The van der Waals surface area contributed by atoms with Crippen molar-refractivity contribution in [3.8, 4) is 0 Å². The molecule has 0 radical (unpaired) electrons. The number of alkyl halides is 1. The van der Waals surface area contributed by atoms with Crippen molar-refractivity contribution in [2.75, 3.05) is 6.61 Å². The van der Waals surface area contributed by atoms with Crippen LogP contribution in [0, 0.1) is 15.9 Å². The Morgan fingerprint density at radius 2 is 2.28 bits per heavy atom. The summed E-state index contributed by atoms with van der Waals surface area (Å²) in [6, 6.07) is 3.11. The number of nitrogens with zero attached hydrogens (tertiary/aromatic N) is 1. The van der Waals surface area contributed by atoms with Crippen LogP contribution in [0.15, 0.2) is 18.2 Å². The molecular formula is C11H11ClFNO4. The zero-order valence-corrected chi connectivity index (χ0v) is 10.3. The van der Waals surface area contributed by atoms with E-state index in [1.165, 1.54) is 6.07 Å². The summed E-state index contributed by atoms with van der Waals surface area (Å²) in [7, 11) is 0. The summed E-state index contributed by atoms with van der Waals surface area (Å²) in [5, 5.41) is 9.70. The van der Waals surface area contributed by atoms with Crippen molar-refractivity contribution in [2.45, 2.75) is 18.7 Å². The van der Waals surface area contributed by atoms with Gasteiger partial charge in [-0.1, -0.05) is 0 Å². The van der Waals surface area contributed by atoms with E-state index in [9.17, 15) is 19.3 Å². The van der Waals surface area contributed by atoms with Gasteiger partial charge in [0.05, 0.1) is 17.6 Å². The fraction of sp³-hybridized carbons (Fsp3) is 0.364. The molecule has 1 aromatic carbocycles. The molecule has 0 aliphatic rings. The quantitative estimate of drug-likeness (QED) is 0.358. The number of benzene rings is 1.